The lowest BCUT2D eigenvalue weighted by Gasteiger charge is -2.28. The van der Waals surface area contributed by atoms with Crippen molar-refractivity contribution in [3.05, 3.63) is 0 Å². The van der Waals surface area contributed by atoms with Crippen LogP contribution in [0, 0.1) is 0 Å². The van der Waals surface area contributed by atoms with Crippen molar-refractivity contribution in [1.29, 1.82) is 0 Å². The molecule has 1 aliphatic heterocycles. The van der Waals surface area contributed by atoms with E-state index in [9.17, 15) is 4.79 Å². The molecule has 17 heavy (non-hydrogen) atoms. The third-order valence-electron chi connectivity index (χ3n) is 3.98. The maximum absolute atomic E-state index is 12.2. The molecule has 4 heteroatoms. The Kier molecular flexibility index (Phi) is 4.40. The Morgan fingerprint density at radius 1 is 1.41 bits per heavy atom. The Balaban J connectivity index is 1.83. The normalized spacial score (nSPS) is 29.7. The second-order valence-electron chi connectivity index (χ2n) is 5.32. The first-order chi connectivity index (χ1) is 8.27. The van der Waals surface area contributed by atoms with Crippen LogP contribution in [0.25, 0.3) is 0 Å². The van der Waals surface area contributed by atoms with Crippen molar-refractivity contribution in [2.75, 3.05) is 6.54 Å². The summed E-state index contributed by atoms with van der Waals surface area (Å²) in [7, 11) is 0. The first-order valence-electron chi connectivity index (χ1n) is 6.98. The molecule has 2 N–H and O–H groups in total. The molecule has 1 heterocycles. The van der Waals surface area contributed by atoms with E-state index in [4.69, 9.17) is 4.84 Å². The molecule has 2 rings (SSSR count). The summed E-state index contributed by atoms with van der Waals surface area (Å²) in [6.45, 7) is 3.06. The highest BCUT2D eigenvalue weighted by Crippen LogP contribution is 2.25. The van der Waals surface area contributed by atoms with Crippen LogP contribution in [0.1, 0.15) is 58.3 Å². The van der Waals surface area contributed by atoms with Gasteiger partial charge in [0.1, 0.15) is 5.54 Å². The summed E-state index contributed by atoms with van der Waals surface area (Å²) in [5.41, 5.74) is 2.32. The topological polar surface area (TPSA) is 50.4 Å². The molecule has 0 aromatic rings. The van der Waals surface area contributed by atoms with Crippen LogP contribution < -0.4 is 10.8 Å². The fourth-order valence-electron chi connectivity index (χ4n) is 2.99. The van der Waals surface area contributed by atoms with E-state index in [1.807, 2.05) is 0 Å². The molecular formula is C13H24N2O2. The van der Waals surface area contributed by atoms with Crippen LogP contribution in [-0.2, 0) is 9.63 Å². The van der Waals surface area contributed by atoms with E-state index in [-0.39, 0.29) is 17.6 Å². The summed E-state index contributed by atoms with van der Waals surface area (Å²) < 4.78 is 0. The molecule has 1 saturated carbocycles. The second kappa shape index (κ2) is 5.83. The maximum Gasteiger partial charge on any atom is 0.263 e. The zero-order valence-corrected chi connectivity index (χ0v) is 10.8. The Labute approximate surface area is 103 Å². The highest BCUT2D eigenvalue weighted by Gasteiger charge is 2.40. The molecule has 0 bridgehead atoms. The van der Waals surface area contributed by atoms with Crippen LogP contribution in [0.5, 0.6) is 0 Å². The van der Waals surface area contributed by atoms with E-state index in [2.05, 4.69) is 17.7 Å². The zero-order valence-electron chi connectivity index (χ0n) is 10.8. The highest BCUT2D eigenvalue weighted by molar-refractivity contribution is 5.85. The number of amides is 1. The van der Waals surface area contributed by atoms with Gasteiger partial charge in [-0.3, -0.25) is 9.63 Å². The summed E-state index contributed by atoms with van der Waals surface area (Å²) in [4.78, 5) is 17.7. The van der Waals surface area contributed by atoms with Crippen LogP contribution in [0.3, 0.4) is 0 Å². The van der Waals surface area contributed by atoms with Crippen molar-refractivity contribution < 1.29 is 9.63 Å². The van der Waals surface area contributed by atoms with Gasteiger partial charge in [-0.25, -0.2) is 5.48 Å². The van der Waals surface area contributed by atoms with Crippen LogP contribution in [0.15, 0.2) is 0 Å². The van der Waals surface area contributed by atoms with Gasteiger partial charge in [0.2, 0.25) is 0 Å². The third kappa shape index (κ3) is 2.99. The largest absolute Gasteiger partial charge is 0.303 e. The molecule has 2 aliphatic rings. The average molecular weight is 240 g/mol. The summed E-state index contributed by atoms with van der Waals surface area (Å²) in [6.07, 6.45) is 8.76. The molecule has 0 aromatic heterocycles. The van der Waals surface area contributed by atoms with Gasteiger partial charge in [0.25, 0.3) is 5.91 Å². The molecule has 1 unspecified atom stereocenters. The minimum absolute atomic E-state index is 0.0313. The van der Waals surface area contributed by atoms with Crippen LogP contribution in [0.4, 0.5) is 0 Å². The van der Waals surface area contributed by atoms with Gasteiger partial charge < -0.3 is 5.32 Å². The molecule has 4 nitrogen and oxygen atoms in total. The van der Waals surface area contributed by atoms with Gasteiger partial charge in [0.15, 0.2) is 0 Å². The first-order valence-corrected chi connectivity index (χ1v) is 6.98. The zero-order chi connectivity index (χ0) is 12.1. The lowest BCUT2D eigenvalue weighted by atomic mass is 9.91. The number of hydrogen-bond acceptors (Lipinski definition) is 3. The Hall–Kier alpha value is -0.610. The van der Waals surface area contributed by atoms with Gasteiger partial charge >= 0.3 is 0 Å². The quantitative estimate of drug-likeness (QED) is 0.722. The van der Waals surface area contributed by atoms with Crippen LogP contribution in [0.2, 0.25) is 0 Å². The molecule has 1 saturated heterocycles. The Morgan fingerprint density at radius 3 is 2.76 bits per heavy atom. The minimum Gasteiger partial charge on any atom is -0.303 e. The Morgan fingerprint density at radius 2 is 2.18 bits per heavy atom. The van der Waals surface area contributed by atoms with Crippen molar-refractivity contribution in [1.82, 2.24) is 10.8 Å². The number of carbonyl (C=O) groups excluding carboxylic acids is 1. The molecular weight excluding hydrogens is 216 g/mol. The predicted octanol–water partition coefficient (Wildman–Crippen LogP) is 1.90. The Bertz CT molecular complexity index is 256. The van der Waals surface area contributed by atoms with E-state index < -0.39 is 0 Å². The van der Waals surface area contributed by atoms with E-state index in [0.717, 1.165) is 45.1 Å². The molecule has 1 atom stereocenters. The van der Waals surface area contributed by atoms with Gasteiger partial charge in [-0.2, -0.15) is 0 Å². The molecule has 1 aliphatic carbocycles. The predicted molar refractivity (Wildman–Crippen MR) is 66.4 cm³/mol. The van der Waals surface area contributed by atoms with E-state index in [0.29, 0.717) is 0 Å². The van der Waals surface area contributed by atoms with Crippen molar-refractivity contribution in [3.63, 3.8) is 0 Å². The van der Waals surface area contributed by atoms with Gasteiger partial charge in [-0.05, 0) is 38.6 Å². The highest BCUT2D eigenvalue weighted by atomic mass is 16.7. The van der Waals surface area contributed by atoms with Gasteiger partial charge in [-0.1, -0.05) is 26.2 Å². The fourth-order valence-corrected chi connectivity index (χ4v) is 2.99. The fraction of sp³-hybridized carbons (Fsp3) is 0.923. The molecule has 1 amide bonds. The molecule has 0 aromatic carbocycles. The summed E-state index contributed by atoms with van der Waals surface area (Å²) in [5.74, 6) is 0.0313. The van der Waals surface area contributed by atoms with Gasteiger partial charge in [-0.15, -0.1) is 0 Å². The van der Waals surface area contributed by atoms with E-state index >= 15 is 0 Å². The molecule has 98 valence electrons. The van der Waals surface area contributed by atoms with E-state index in [1.165, 1.54) is 12.8 Å². The molecule has 0 spiro atoms. The standard InChI is InChI=1S/C13H24N2O2/c1-2-8-13(9-5-10-14-13)12(16)15-17-11-6-3-4-7-11/h11,14H,2-10H2,1H3,(H,15,16). The van der Waals surface area contributed by atoms with E-state index in [1.54, 1.807) is 0 Å². The molecule has 2 fully saturated rings. The number of nitrogens with one attached hydrogen (secondary N) is 2. The SMILES string of the molecule is CCCC1(C(=O)NOC2CCCC2)CCCN1. The monoisotopic (exact) mass is 240 g/mol. The van der Waals surface area contributed by atoms with Crippen molar-refractivity contribution in [2.24, 2.45) is 0 Å². The first kappa shape index (κ1) is 12.8. The molecule has 0 radical (unpaired) electrons. The van der Waals surface area contributed by atoms with Gasteiger partial charge in [0, 0.05) is 0 Å². The smallest absolute Gasteiger partial charge is 0.263 e. The second-order valence-corrected chi connectivity index (χ2v) is 5.32. The van der Waals surface area contributed by atoms with Gasteiger partial charge in [0.05, 0.1) is 6.10 Å². The number of hydroxylamine groups is 1. The third-order valence-corrected chi connectivity index (χ3v) is 3.98. The van der Waals surface area contributed by atoms with Crippen molar-refractivity contribution in [2.45, 2.75) is 69.9 Å². The lowest BCUT2D eigenvalue weighted by molar-refractivity contribution is -0.145. The van der Waals surface area contributed by atoms with Crippen LogP contribution in [-0.4, -0.2) is 24.1 Å². The summed E-state index contributed by atoms with van der Waals surface area (Å²) in [5, 5.41) is 3.35. The van der Waals surface area contributed by atoms with Crippen LogP contribution >= 0.6 is 0 Å². The van der Waals surface area contributed by atoms with Crippen molar-refractivity contribution in [3.8, 4) is 0 Å². The van der Waals surface area contributed by atoms with Crippen molar-refractivity contribution >= 4 is 5.91 Å². The average Bonchev–Trinajstić information content (AvgIpc) is 2.97. The maximum atomic E-state index is 12.2. The summed E-state index contributed by atoms with van der Waals surface area (Å²) >= 11 is 0. The number of rotatable bonds is 5. The lowest BCUT2D eigenvalue weighted by Crippen LogP contribution is -2.53. The number of hydrogen-bond donors (Lipinski definition) is 2. The number of carbonyl (C=O) groups is 1. The summed E-state index contributed by atoms with van der Waals surface area (Å²) in [6, 6.07) is 0. The minimum atomic E-state index is -0.368.